The van der Waals surface area contributed by atoms with Crippen molar-refractivity contribution in [2.45, 2.75) is 45.2 Å². The van der Waals surface area contributed by atoms with Crippen molar-refractivity contribution in [2.24, 2.45) is 0 Å². The molecule has 0 saturated heterocycles. The average molecular weight is 329 g/mol. The largest absolute Gasteiger partial charge is 0.366 e. The molecule has 5 heteroatoms. The number of rotatable bonds is 3. The van der Waals surface area contributed by atoms with E-state index in [0.29, 0.717) is 12.6 Å². The van der Waals surface area contributed by atoms with E-state index >= 15 is 0 Å². The van der Waals surface area contributed by atoms with Gasteiger partial charge < -0.3 is 15.2 Å². The zero-order valence-corrected chi connectivity index (χ0v) is 14.5. The van der Waals surface area contributed by atoms with Crippen molar-refractivity contribution in [3.05, 3.63) is 45.7 Å². The van der Waals surface area contributed by atoms with Crippen LogP contribution >= 0.6 is 12.2 Å². The van der Waals surface area contributed by atoms with Crippen molar-refractivity contribution in [3.8, 4) is 0 Å². The second-order valence-electron chi connectivity index (χ2n) is 6.34. The lowest BCUT2D eigenvalue weighted by Gasteiger charge is -2.31. The van der Waals surface area contributed by atoms with Gasteiger partial charge in [0.25, 0.3) is 5.56 Å². The number of nitrogens with zero attached hydrogens (tertiary/aromatic N) is 1. The first kappa shape index (κ1) is 16.0. The Morgan fingerprint density at radius 2 is 2.09 bits per heavy atom. The summed E-state index contributed by atoms with van der Waals surface area (Å²) in [7, 11) is 1.85. The van der Waals surface area contributed by atoms with Crippen LogP contribution in [0.15, 0.2) is 29.1 Å². The third kappa shape index (κ3) is 3.39. The zero-order chi connectivity index (χ0) is 16.4. The van der Waals surface area contributed by atoms with Gasteiger partial charge >= 0.3 is 0 Å². The summed E-state index contributed by atoms with van der Waals surface area (Å²) >= 11 is 5.47. The molecule has 1 aliphatic carbocycles. The maximum atomic E-state index is 12.4. The lowest BCUT2D eigenvalue weighted by atomic mass is 10.1. The van der Waals surface area contributed by atoms with Crippen molar-refractivity contribution >= 4 is 28.2 Å². The van der Waals surface area contributed by atoms with E-state index in [1.165, 1.54) is 18.4 Å². The fourth-order valence-electron chi connectivity index (χ4n) is 3.40. The lowest BCUT2D eigenvalue weighted by molar-refractivity contribution is 0.304. The number of fused-ring (bicyclic) bond motifs is 1. The number of aromatic nitrogens is 1. The normalized spacial score (nSPS) is 15.0. The Morgan fingerprint density at radius 1 is 1.35 bits per heavy atom. The molecular weight excluding hydrogens is 306 g/mol. The van der Waals surface area contributed by atoms with E-state index in [2.05, 4.69) is 28.2 Å². The molecule has 1 aromatic heterocycles. The van der Waals surface area contributed by atoms with Gasteiger partial charge in [-0.1, -0.05) is 24.5 Å². The van der Waals surface area contributed by atoms with Crippen LogP contribution in [-0.4, -0.2) is 28.1 Å². The molecule has 2 N–H and O–H groups in total. The fraction of sp³-hybridized carbons (Fsp3) is 0.444. The van der Waals surface area contributed by atoms with Gasteiger partial charge in [-0.3, -0.25) is 4.79 Å². The zero-order valence-electron chi connectivity index (χ0n) is 13.7. The first-order valence-electron chi connectivity index (χ1n) is 8.19. The predicted octanol–water partition coefficient (Wildman–Crippen LogP) is 3.09. The van der Waals surface area contributed by atoms with Crippen LogP contribution in [0.25, 0.3) is 10.9 Å². The van der Waals surface area contributed by atoms with Gasteiger partial charge in [0.2, 0.25) is 0 Å². The van der Waals surface area contributed by atoms with E-state index in [9.17, 15) is 4.79 Å². The molecule has 0 radical (unpaired) electrons. The Hall–Kier alpha value is -1.88. The highest BCUT2D eigenvalue weighted by Crippen LogP contribution is 2.25. The topological polar surface area (TPSA) is 48.1 Å². The maximum absolute atomic E-state index is 12.4. The molecule has 1 aliphatic rings. The van der Waals surface area contributed by atoms with Gasteiger partial charge in [0.05, 0.1) is 6.54 Å². The van der Waals surface area contributed by atoms with E-state index in [4.69, 9.17) is 12.2 Å². The molecule has 1 heterocycles. The van der Waals surface area contributed by atoms with Gasteiger partial charge in [0.15, 0.2) is 5.11 Å². The first-order chi connectivity index (χ1) is 11.1. The van der Waals surface area contributed by atoms with Crippen molar-refractivity contribution in [2.75, 3.05) is 7.05 Å². The molecule has 1 aromatic carbocycles. The van der Waals surface area contributed by atoms with Gasteiger partial charge in [-0.25, -0.2) is 0 Å². The molecule has 3 rings (SSSR count). The minimum Gasteiger partial charge on any atom is -0.366 e. The van der Waals surface area contributed by atoms with E-state index in [-0.39, 0.29) is 5.56 Å². The summed E-state index contributed by atoms with van der Waals surface area (Å²) in [5, 5.41) is 4.87. The summed E-state index contributed by atoms with van der Waals surface area (Å²) in [6.07, 6.45) is 4.76. The van der Waals surface area contributed by atoms with Crippen LogP contribution in [0, 0.1) is 6.92 Å². The van der Waals surface area contributed by atoms with E-state index in [1.54, 1.807) is 0 Å². The number of thiocarbonyl (C=S) groups is 1. The number of hydrogen-bond donors (Lipinski definition) is 2. The molecule has 0 bridgehead atoms. The SMILES string of the molecule is CNC(=S)N(Cc1cc2cc(C)ccc2[nH]c1=O)C1CCCC1. The van der Waals surface area contributed by atoms with Crippen molar-refractivity contribution in [3.63, 3.8) is 0 Å². The van der Waals surface area contributed by atoms with Crippen LogP contribution in [0.2, 0.25) is 0 Å². The molecule has 0 atom stereocenters. The molecule has 0 aliphatic heterocycles. The predicted molar refractivity (Wildman–Crippen MR) is 98.8 cm³/mol. The highest BCUT2D eigenvalue weighted by atomic mass is 32.1. The third-order valence-electron chi connectivity index (χ3n) is 4.66. The molecular formula is C18H23N3OS. The smallest absolute Gasteiger partial charge is 0.253 e. The molecule has 1 fully saturated rings. The maximum Gasteiger partial charge on any atom is 0.253 e. The van der Waals surface area contributed by atoms with Gasteiger partial charge in [0.1, 0.15) is 0 Å². The molecule has 1 saturated carbocycles. The van der Waals surface area contributed by atoms with Gasteiger partial charge in [-0.15, -0.1) is 0 Å². The summed E-state index contributed by atoms with van der Waals surface area (Å²) in [5.74, 6) is 0. The second-order valence-corrected chi connectivity index (χ2v) is 6.72. The number of hydrogen-bond acceptors (Lipinski definition) is 2. The average Bonchev–Trinajstić information content (AvgIpc) is 3.06. The summed E-state index contributed by atoms with van der Waals surface area (Å²) in [6, 6.07) is 8.51. The van der Waals surface area contributed by atoms with E-state index < -0.39 is 0 Å². The van der Waals surface area contributed by atoms with Crippen molar-refractivity contribution < 1.29 is 0 Å². The monoisotopic (exact) mass is 329 g/mol. The van der Waals surface area contributed by atoms with Crippen LogP contribution in [0.5, 0.6) is 0 Å². The number of aromatic amines is 1. The summed E-state index contributed by atoms with van der Waals surface area (Å²) < 4.78 is 0. The van der Waals surface area contributed by atoms with Crippen LogP contribution in [0.3, 0.4) is 0 Å². The van der Waals surface area contributed by atoms with Crippen LogP contribution in [-0.2, 0) is 6.54 Å². The number of aryl methyl sites for hydroxylation is 1. The highest BCUT2D eigenvalue weighted by Gasteiger charge is 2.25. The Labute approximate surface area is 141 Å². The van der Waals surface area contributed by atoms with Crippen LogP contribution in [0.1, 0.15) is 36.8 Å². The van der Waals surface area contributed by atoms with E-state index in [0.717, 1.165) is 34.4 Å². The number of pyridine rings is 1. The van der Waals surface area contributed by atoms with Gasteiger partial charge in [-0.05, 0) is 55.6 Å². The molecule has 0 amide bonds. The number of benzene rings is 1. The highest BCUT2D eigenvalue weighted by molar-refractivity contribution is 7.80. The molecule has 0 spiro atoms. The number of H-pyrrole nitrogens is 1. The Kier molecular flexibility index (Phi) is 4.66. The minimum atomic E-state index is -0.0248. The lowest BCUT2D eigenvalue weighted by Crippen LogP contribution is -2.44. The summed E-state index contributed by atoms with van der Waals surface area (Å²) in [5.41, 5.74) is 2.82. The van der Waals surface area contributed by atoms with Crippen LogP contribution in [0.4, 0.5) is 0 Å². The molecule has 4 nitrogen and oxygen atoms in total. The Bertz CT molecular complexity index is 777. The molecule has 2 aromatic rings. The van der Waals surface area contributed by atoms with Crippen molar-refractivity contribution in [1.29, 1.82) is 0 Å². The molecule has 122 valence electrons. The van der Waals surface area contributed by atoms with Gasteiger partial charge in [0, 0.05) is 24.2 Å². The fourth-order valence-corrected chi connectivity index (χ4v) is 3.61. The second kappa shape index (κ2) is 6.71. The first-order valence-corrected chi connectivity index (χ1v) is 8.60. The standard InChI is InChI=1S/C18H23N3OS/c1-12-7-8-16-13(9-12)10-14(17(22)20-16)11-21(18(23)19-2)15-5-3-4-6-15/h7-10,15H,3-6,11H2,1-2H3,(H,19,23)(H,20,22). The number of nitrogens with one attached hydrogen (secondary N) is 2. The Balaban J connectivity index is 1.95. The van der Waals surface area contributed by atoms with Crippen LogP contribution < -0.4 is 10.9 Å². The molecule has 0 unspecified atom stereocenters. The van der Waals surface area contributed by atoms with E-state index in [1.807, 2.05) is 25.2 Å². The molecule has 23 heavy (non-hydrogen) atoms. The minimum absolute atomic E-state index is 0.0248. The Morgan fingerprint density at radius 3 is 2.78 bits per heavy atom. The van der Waals surface area contributed by atoms with Crippen molar-refractivity contribution in [1.82, 2.24) is 15.2 Å². The quantitative estimate of drug-likeness (QED) is 0.850. The van der Waals surface area contributed by atoms with Gasteiger partial charge in [-0.2, -0.15) is 0 Å². The third-order valence-corrected chi connectivity index (χ3v) is 5.10. The summed E-state index contributed by atoms with van der Waals surface area (Å²) in [4.78, 5) is 17.6. The summed E-state index contributed by atoms with van der Waals surface area (Å²) in [6.45, 7) is 2.62.